The van der Waals surface area contributed by atoms with Crippen molar-refractivity contribution in [3.8, 4) is 0 Å². The molecule has 35 heavy (non-hydrogen) atoms. The molecular weight excluding hydrogens is 444 g/mol. The number of aromatic nitrogens is 2. The molecule has 8 nitrogen and oxygen atoms in total. The molecule has 0 N–H and O–H groups in total. The summed E-state index contributed by atoms with van der Waals surface area (Å²) >= 11 is 0. The predicted octanol–water partition coefficient (Wildman–Crippen LogP) is 2.90. The van der Waals surface area contributed by atoms with Crippen LogP contribution in [0, 0.1) is 0 Å². The number of rotatable bonds is 5. The van der Waals surface area contributed by atoms with E-state index in [1.807, 2.05) is 35.2 Å². The van der Waals surface area contributed by atoms with Gasteiger partial charge in [0, 0.05) is 31.5 Å². The van der Waals surface area contributed by atoms with Crippen LogP contribution in [0.25, 0.3) is 5.65 Å². The third-order valence-corrected chi connectivity index (χ3v) is 6.95. The van der Waals surface area contributed by atoms with E-state index in [0.717, 1.165) is 31.2 Å². The number of carbonyl (C=O) groups excluding carboxylic acids is 2. The second-order valence-electron chi connectivity index (χ2n) is 9.35. The predicted molar refractivity (Wildman–Crippen MR) is 131 cm³/mol. The Hall–Kier alpha value is -3.52. The molecule has 1 saturated heterocycles. The second kappa shape index (κ2) is 10.4. The minimum Gasteiger partial charge on any atom is -0.370 e. The summed E-state index contributed by atoms with van der Waals surface area (Å²) in [5.74, 6) is -0.585. The fourth-order valence-electron chi connectivity index (χ4n) is 5.08. The minimum absolute atomic E-state index is 0.0468. The van der Waals surface area contributed by atoms with Crippen LogP contribution in [-0.2, 0) is 16.1 Å². The van der Waals surface area contributed by atoms with Crippen molar-refractivity contribution in [1.29, 1.82) is 0 Å². The van der Waals surface area contributed by atoms with Gasteiger partial charge in [0.05, 0.1) is 12.7 Å². The fourth-order valence-corrected chi connectivity index (χ4v) is 5.08. The lowest BCUT2D eigenvalue weighted by molar-refractivity contribution is -0.134. The van der Waals surface area contributed by atoms with Gasteiger partial charge in [0.25, 0.3) is 11.5 Å². The van der Waals surface area contributed by atoms with Crippen LogP contribution in [-0.4, -0.2) is 62.8 Å². The first-order chi connectivity index (χ1) is 17.1. The molecule has 2 aromatic heterocycles. The van der Waals surface area contributed by atoms with Gasteiger partial charge >= 0.3 is 0 Å². The number of hydrogen-bond acceptors (Lipinski definition) is 5. The second-order valence-corrected chi connectivity index (χ2v) is 9.35. The van der Waals surface area contributed by atoms with E-state index in [1.165, 1.54) is 21.9 Å². The molecule has 1 unspecified atom stereocenters. The molecule has 2 aliphatic rings. The Kier molecular flexibility index (Phi) is 6.90. The summed E-state index contributed by atoms with van der Waals surface area (Å²) in [5, 5.41) is 0. The zero-order chi connectivity index (χ0) is 24.2. The highest BCUT2D eigenvalue weighted by atomic mass is 16.5. The van der Waals surface area contributed by atoms with Crippen LogP contribution in [0.5, 0.6) is 0 Å². The van der Waals surface area contributed by atoms with Gasteiger partial charge in [0.15, 0.2) is 0 Å². The van der Waals surface area contributed by atoms with E-state index >= 15 is 0 Å². The van der Waals surface area contributed by atoms with Gasteiger partial charge < -0.3 is 14.5 Å². The standard InChI is InChI=1S/C27H30N4O4/c32-25-18-29(26(33)23-15-28-24-13-7-8-14-30(24)27(23)34)16-22(35-19-20-9-3-1-4-10-20)17-31(25)21-11-5-2-6-12-21/h1,3-4,7-10,13-15,21-22H,2,5-6,11-12,16-19H2. The highest BCUT2D eigenvalue weighted by Crippen LogP contribution is 2.25. The van der Waals surface area contributed by atoms with Crippen LogP contribution in [0.1, 0.15) is 48.0 Å². The van der Waals surface area contributed by atoms with Crippen LogP contribution in [0.15, 0.2) is 65.7 Å². The molecule has 2 fully saturated rings. The molecule has 3 heterocycles. The Morgan fingerprint density at radius 3 is 2.54 bits per heavy atom. The monoisotopic (exact) mass is 474 g/mol. The van der Waals surface area contributed by atoms with Gasteiger partial charge in [-0.2, -0.15) is 0 Å². The number of amides is 2. The van der Waals surface area contributed by atoms with Gasteiger partial charge in [-0.05, 0) is 30.5 Å². The van der Waals surface area contributed by atoms with Crippen LogP contribution >= 0.6 is 0 Å². The van der Waals surface area contributed by atoms with Crippen molar-refractivity contribution in [1.82, 2.24) is 19.2 Å². The van der Waals surface area contributed by atoms with Gasteiger partial charge in [-0.3, -0.25) is 18.8 Å². The summed E-state index contributed by atoms with van der Waals surface area (Å²) < 4.78 is 7.60. The summed E-state index contributed by atoms with van der Waals surface area (Å²) in [6.45, 7) is 0.991. The van der Waals surface area contributed by atoms with E-state index in [2.05, 4.69) is 4.98 Å². The highest BCUT2D eigenvalue weighted by Gasteiger charge is 2.35. The summed E-state index contributed by atoms with van der Waals surface area (Å²) in [6.07, 6.45) is 7.89. The number of pyridine rings is 1. The van der Waals surface area contributed by atoms with Crippen molar-refractivity contribution in [3.05, 3.63) is 82.4 Å². The minimum atomic E-state index is -0.493. The third kappa shape index (κ3) is 5.12. The molecule has 8 heteroatoms. The molecule has 0 radical (unpaired) electrons. The van der Waals surface area contributed by atoms with E-state index in [4.69, 9.17) is 4.74 Å². The van der Waals surface area contributed by atoms with Crippen molar-refractivity contribution in [3.63, 3.8) is 0 Å². The van der Waals surface area contributed by atoms with Crippen molar-refractivity contribution >= 4 is 17.5 Å². The SMILES string of the molecule is O=C(c1cnc2ccccn2c1=O)N1CC(=O)N(C2CCCCC2)CC(OCc2ccccc2)C1. The lowest BCUT2D eigenvalue weighted by Gasteiger charge is -2.34. The lowest BCUT2D eigenvalue weighted by atomic mass is 9.94. The number of nitrogens with zero attached hydrogens (tertiary/aromatic N) is 4. The molecule has 0 bridgehead atoms. The molecule has 3 aromatic rings. The average Bonchev–Trinajstić information content (AvgIpc) is 3.07. The molecule has 1 saturated carbocycles. The van der Waals surface area contributed by atoms with Crippen LogP contribution in [0.2, 0.25) is 0 Å². The van der Waals surface area contributed by atoms with E-state index < -0.39 is 11.5 Å². The van der Waals surface area contributed by atoms with Gasteiger partial charge in [0.1, 0.15) is 17.8 Å². The maximum atomic E-state index is 13.5. The Balaban J connectivity index is 1.41. The highest BCUT2D eigenvalue weighted by molar-refractivity contribution is 5.96. The Morgan fingerprint density at radius 2 is 1.74 bits per heavy atom. The largest absolute Gasteiger partial charge is 0.370 e. The molecule has 1 aliphatic heterocycles. The molecular formula is C27H30N4O4. The molecule has 1 aromatic carbocycles. The number of hydrogen-bond donors (Lipinski definition) is 0. The van der Waals surface area contributed by atoms with Crippen LogP contribution in [0.4, 0.5) is 0 Å². The lowest BCUT2D eigenvalue weighted by Crippen LogP contribution is -2.46. The van der Waals surface area contributed by atoms with Crippen molar-refractivity contribution in [2.75, 3.05) is 19.6 Å². The topological polar surface area (TPSA) is 84.2 Å². The molecule has 5 rings (SSSR count). The maximum Gasteiger partial charge on any atom is 0.270 e. The molecule has 1 aliphatic carbocycles. The zero-order valence-corrected chi connectivity index (χ0v) is 19.7. The van der Waals surface area contributed by atoms with Crippen molar-refractivity contribution in [2.45, 2.75) is 50.9 Å². The molecule has 0 spiro atoms. The van der Waals surface area contributed by atoms with E-state index in [1.54, 1.807) is 24.4 Å². The van der Waals surface area contributed by atoms with Crippen LogP contribution in [0.3, 0.4) is 0 Å². The number of fused-ring (bicyclic) bond motifs is 1. The average molecular weight is 475 g/mol. The van der Waals surface area contributed by atoms with Gasteiger partial charge in [-0.1, -0.05) is 55.7 Å². The Morgan fingerprint density at radius 1 is 0.971 bits per heavy atom. The number of ether oxygens (including phenoxy) is 1. The molecule has 182 valence electrons. The summed E-state index contributed by atoms with van der Waals surface area (Å²) in [4.78, 5) is 47.5. The summed E-state index contributed by atoms with van der Waals surface area (Å²) in [6, 6.07) is 15.2. The van der Waals surface area contributed by atoms with Crippen molar-refractivity contribution in [2.24, 2.45) is 0 Å². The van der Waals surface area contributed by atoms with Gasteiger partial charge in [-0.25, -0.2) is 4.98 Å². The maximum absolute atomic E-state index is 13.5. The smallest absolute Gasteiger partial charge is 0.270 e. The molecule has 1 atom stereocenters. The number of benzene rings is 1. The first-order valence-corrected chi connectivity index (χ1v) is 12.3. The zero-order valence-electron chi connectivity index (χ0n) is 19.7. The quantitative estimate of drug-likeness (QED) is 0.568. The third-order valence-electron chi connectivity index (χ3n) is 6.95. The normalized spacial score (nSPS) is 19.7. The Labute approximate surface area is 204 Å². The number of carbonyl (C=O) groups is 2. The first-order valence-electron chi connectivity index (χ1n) is 12.3. The van der Waals surface area contributed by atoms with Gasteiger partial charge in [-0.15, -0.1) is 0 Å². The summed E-state index contributed by atoms with van der Waals surface area (Å²) in [7, 11) is 0. The van der Waals surface area contributed by atoms with Gasteiger partial charge in [0.2, 0.25) is 5.91 Å². The van der Waals surface area contributed by atoms with E-state index in [0.29, 0.717) is 18.8 Å². The van der Waals surface area contributed by atoms with Crippen LogP contribution < -0.4 is 5.56 Å². The Bertz CT molecular complexity index is 1250. The van der Waals surface area contributed by atoms with Crippen molar-refractivity contribution < 1.29 is 14.3 Å². The van der Waals surface area contributed by atoms with E-state index in [-0.39, 0.29) is 36.7 Å². The fraction of sp³-hybridized carbons (Fsp3) is 0.407. The molecule has 2 amide bonds. The summed E-state index contributed by atoms with van der Waals surface area (Å²) in [5.41, 5.74) is 1.01. The van der Waals surface area contributed by atoms with E-state index in [9.17, 15) is 14.4 Å². The first kappa shape index (κ1) is 23.2.